The maximum atomic E-state index is 12.0. The number of nitrogens with one attached hydrogen (secondary N) is 1. The van der Waals surface area contributed by atoms with E-state index in [4.69, 9.17) is 23.2 Å². The van der Waals surface area contributed by atoms with Gasteiger partial charge in [0.25, 0.3) is 0 Å². The molecule has 1 atom stereocenters. The maximum Gasteiger partial charge on any atom is 0.230 e. The summed E-state index contributed by atoms with van der Waals surface area (Å²) < 4.78 is 23.0. The molecule has 0 aliphatic carbocycles. The molecular weight excluding hydrogens is 365 g/mol. The van der Waals surface area contributed by atoms with Gasteiger partial charge in [-0.05, 0) is 31.0 Å². The van der Waals surface area contributed by atoms with Crippen LogP contribution in [-0.2, 0) is 20.4 Å². The predicted molar refractivity (Wildman–Crippen MR) is 92.4 cm³/mol. The van der Waals surface area contributed by atoms with Gasteiger partial charge in [0.05, 0.1) is 22.8 Å². The fraction of sp³-hybridized carbons (Fsp3) is 0.500. The fourth-order valence-electron chi connectivity index (χ4n) is 2.37. The van der Waals surface area contributed by atoms with Crippen LogP contribution in [-0.4, -0.2) is 37.1 Å². The highest BCUT2D eigenvalue weighted by molar-refractivity contribution is 7.99. The maximum absolute atomic E-state index is 12.0. The Morgan fingerprint density at radius 3 is 2.73 bits per heavy atom. The van der Waals surface area contributed by atoms with E-state index >= 15 is 0 Å². The standard InChI is InChI=1S/C14H17Cl2NO3S2/c1-14(4-5-22(19,20)9-14)17-13(18)8-21-7-10-2-3-11(15)6-12(10)16/h2-3,6H,4-5,7-9H2,1H3,(H,17,18). The third-order valence-corrected chi connectivity index (χ3v) is 6.92. The summed E-state index contributed by atoms with van der Waals surface area (Å²) >= 11 is 13.3. The van der Waals surface area contributed by atoms with Crippen LogP contribution < -0.4 is 5.32 Å². The number of hydrogen-bond donors (Lipinski definition) is 1. The average Bonchev–Trinajstić information content (AvgIpc) is 2.66. The van der Waals surface area contributed by atoms with Crippen molar-refractivity contribution in [2.75, 3.05) is 17.3 Å². The summed E-state index contributed by atoms with van der Waals surface area (Å²) in [6.07, 6.45) is 0.467. The van der Waals surface area contributed by atoms with Crippen molar-refractivity contribution in [2.24, 2.45) is 0 Å². The zero-order valence-electron chi connectivity index (χ0n) is 12.1. The van der Waals surface area contributed by atoms with Gasteiger partial charge in [0.15, 0.2) is 9.84 Å². The van der Waals surface area contributed by atoms with E-state index in [1.165, 1.54) is 11.8 Å². The first-order valence-corrected chi connectivity index (χ1v) is 10.5. The van der Waals surface area contributed by atoms with Crippen LogP contribution in [0.3, 0.4) is 0 Å². The molecule has 1 N–H and O–H groups in total. The highest BCUT2D eigenvalue weighted by atomic mass is 35.5. The molecule has 8 heteroatoms. The Hall–Kier alpha value is -0.430. The third-order valence-electron chi connectivity index (χ3n) is 3.45. The van der Waals surface area contributed by atoms with Gasteiger partial charge in [0, 0.05) is 15.8 Å². The molecule has 1 amide bonds. The molecule has 1 aliphatic rings. The molecule has 1 saturated heterocycles. The van der Waals surface area contributed by atoms with Crippen LogP contribution in [0.2, 0.25) is 10.0 Å². The smallest absolute Gasteiger partial charge is 0.230 e. The van der Waals surface area contributed by atoms with Crippen molar-refractivity contribution in [3.63, 3.8) is 0 Å². The van der Waals surface area contributed by atoms with Crippen LogP contribution in [0.15, 0.2) is 18.2 Å². The van der Waals surface area contributed by atoms with Gasteiger partial charge in [0.2, 0.25) is 5.91 Å². The zero-order chi connectivity index (χ0) is 16.4. The minimum atomic E-state index is -3.02. The van der Waals surface area contributed by atoms with Crippen LogP contribution in [0.4, 0.5) is 0 Å². The van der Waals surface area contributed by atoms with Crippen molar-refractivity contribution in [1.29, 1.82) is 0 Å². The topological polar surface area (TPSA) is 63.2 Å². The van der Waals surface area contributed by atoms with E-state index in [2.05, 4.69) is 5.32 Å². The lowest BCUT2D eigenvalue weighted by molar-refractivity contribution is -0.120. The van der Waals surface area contributed by atoms with Crippen LogP contribution in [0.1, 0.15) is 18.9 Å². The molecule has 0 spiro atoms. The first-order chi connectivity index (χ1) is 10.2. The number of rotatable bonds is 5. The van der Waals surface area contributed by atoms with E-state index in [1.807, 2.05) is 6.07 Å². The van der Waals surface area contributed by atoms with E-state index < -0.39 is 15.4 Å². The van der Waals surface area contributed by atoms with Crippen molar-refractivity contribution in [3.8, 4) is 0 Å². The van der Waals surface area contributed by atoms with Gasteiger partial charge in [-0.3, -0.25) is 4.79 Å². The molecule has 122 valence electrons. The van der Waals surface area contributed by atoms with Crippen molar-refractivity contribution in [2.45, 2.75) is 24.6 Å². The Bertz CT molecular complexity index is 679. The number of benzene rings is 1. The van der Waals surface area contributed by atoms with Gasteiger partial charge < -0.3 is 5.32 Å². The second-order valence-electron chi connectivity index (χ2n) is 5.68. The molecule has 1 fully saturated rings. The molecule has 22 heavy (non-hydrogen) atoms. The lowest BCUT2D eigenvalue weighted by atomic mass is 10.0. The van der Waals surface area contributed by atoms with Gasteiger partial charge in [-0.1, -0.05) is 29.3 Å². The predicted octanol–water partition coefficient (Wildman–Crippen LogP) is 2.92. The normalized spacial score (nSPS) is 23.4. The molecule has 1 unspecified atom stereocenters. The third kappa shape index (κ3) is 5.05. The summed E-state index contributed by atoms with van der Waals surface area (Å²) in [4.78, 5) is 12.0. The van der Waals surface area contributed by atoms with E-state index in [1.54, 1.807) is 19.1 Å². The summed E-state index contributed by atoms with van der Waals surface area (Å²) in [5.41, 5.74) is 0.271. The molecular formula is C14H17Cl2NO3S2. The lowest BCUT2D eigenvalue weighted by Gasteiger charge is -2.23. The molecule has 0 bridgehead atoms. The Morgan fingerprint density at radius 1 is 1.41 bits per heavy atom. The molecule has 1 aliphatic heterocycles. The van der Waals surface area contributed by atoms with E-state index in [9.17, 15) is 13.2 Å². The van der Waals surface area contributed by atoms with Crippen molar-refractivity contribution in [3.05, 3.63) is 33.8 Å². The number of carbonyl (C=O) groups excluding carboxylic acids is 1. The molecule has 0 radical (unpaired) electrons. The summed E-state index contributed by atoms with van der Waals surface area (Å²) in [6.45, 7) is 1.77. The van der Waals surface area contributed by atoms with Crippen LogP contribution >= 0.6 is 35.0 Å². The molecule has 4 nitrogen and oxygen atoms in total. The Morgan fingerprint density at radius 2 is 2.14 bits per heavy atom. The minimum Gasteiger partial charge on any atom is -0.349 e. The molecule has 0 saturated carbocycles. The van der Waals surface area contributed by atoms with E-state index in [0.717, 1.165) is 5.56 Å². The van der Waals surface area contributed by atoms with Crippen LogP contribution in [0.25, 0.3) is 0 Å². The number of amides is 1. The van der Waals surface area contributed by atoms with Gasteiger partial charge in [0.1, 0.15) is 0 Å². The SMILES string of the molecule is CC1(NC(=O)CSCc2ccc(Cl)cc2Cl)CCS(=O)(=O)C1. The van der Waals surface area contributed by atoms with Crippen molar-refractivity contribution >= 4 is 50.7 Å². The van der Waals surface area contributed by atoms with Crippen molar-refractivity contribution in [1.82, 2.24) is 5.32 Å². The highest BCUT2D eigenvalue weighted by Gasteiger charge is 2.39. The zero-order valence-corrected chi connectivity index (χ0v) is 15.2. The van der Waals surface area contributed by atoms with Crippen LogP contribution in [0, 0.1) is 0 Å². The van der Waals surface area contributed by atoms with E-state index in [-0.39, 0.29) is 23.2 Å². The van der Waals surface area contributed by atoms with Crippen LogP contribution in [0.5, 0.6) is 0 Å². The number of carbonyl (C=O) groups is 1. The number of hydrogen-bond acceptors (Lipinski definition) is 4. The Balaban J connectivity index is 1.81. The molecule has 1 heterocycles. The van der Waals surface area contributed by atoms with Gasteiger partial charge in [-0.15, -0.1) is 11.8 Å². The van der Waals surface area contributed by atoms with E-state index in [0.29, 0.717) is 22.2 Å². The summed E-state index contributed by atoms with van der Waals surface area (Å²) in [7, 11) is -3.02. The quantitative estimate of drug-likeness (QED) is 0.851. The average molecular weight is 382 g/mol. The number of thioether (sulfide) groups is 1. The largest absolute Gasteiger partial charge is 0.349 e. The van der Waals surface area contributed by atoms with Crippen molar-refractivity contribution < 1.29 is 13.2 Å². The Labute approximate surface area is 144 Å². The second-order valence-corrected chi connectivity index (χ2v) is 9.69. The van der Waals surface area contributed by atoms with Gasteiger partial charge in [-0.25, -0.2) is 8.42 Å². The monoisotopic (exact) mass is 381 g/mol. The molecule has 1 aromatic rings. The van der Waals surface area contributed by atoms with Gasteiger partial charge in [-0.2, -0.15) is 0 Å². The first kappa shape index (κ1) is 17.9. The van der Waals surface area contributed by atoms with Gasteiger partial charge >= 0.3 is 0 Å². The molecule has 2 rings (SSSR count). The number of sulfone groups is 1. The summed E-state index contributed by atoms with van der Waals surface area (Å²) in [5.74, 6) is 0.846. The molecule has 0 aromatic heterocycles. The second kappa shape index (κ2) is 6.99. The minimum absolute atomic E-state index is 0.0133. The number of halogens is 2. The summed E-state index contributed by atoms with van der Waals surface area (Å²) in [5, 5.41) is 3.98. The molecule has 1 aromatic carbocycles. The first-order valence-electron chi connectivity index (χ1n) is 6.72. The lowest BCUT2D eigenvalue weighted by Crippen LogP contribution is -2.47. The Kier molecular flexibility index (Phi) is 5.69. The highest BCUT2D eigenvalue weighted by Crippen LogP contribution is 2.25. The fourth-order valence-corrected chi connectivity index (χ4v) is 5.85. The summed E-state index contributed by atoms with van der Waals surface area (Å²) in [6, 6.07) is 5.26.